The van der Waals surface area contributed by atoms with Crippen LogP contribution in [0.15, 0.2) is 150 Å². The second kappa shape index (κ2) is 8.55. The number of para-hydroxylation sites is 1. The lowest BCUT2D eigenvalue weighted by Gasteiger charge is -2.18. The van der Waals surface area contributed by atoms with Crippen LogP contribution in [0.4, 0.5) is 0 Å². The average molecular weight is 529 g/mol. The van der Waals surface area contributed by atoms with E-state index in [0.717, 1.165) is 32.3 Å². The van der Waals surface area contributed by atoms with E-state index in [2.05, 4.69) is 0 Å². The van der Waals surface area contributed by atoms with Crippen LogP contribution >= 0.6 is 0 Å². The first-order valence-corrected chi connectivity index (χ1v) is 13.5. The van der Waals surface area contributed by atoms with Crippen molar-refractivity contribution in [2.75, 3.05) is 0 Å². The highest BCUT2D eigenvalue weighted by atomic mass is 16.3. The molecule has 0 spiro atoms. The molecule has 0 amide bonds. The minimum absolute atomic E-state index is 0.157. The fraction of sp³-hybridized carbons (Fsp3) is 0. The largest absolute Gasteiger partial charge is 0.455 e. The van der Waals surface area contributed by atoms with Crippen LogP contribution in [0.5, 0.6) is 0 Å². The summed E-state index contributed by atoms with van der Waals surface area (Å²) in [4.78, 5) is 0. The molecule has 0 aliphatic rings. The van der Waals surface area contributed by atoms with E-state index >= 15 is 0 Å². The standard InChI is InChI=1S/C40H24O/c1-2-12-27-24-28(21-20-25(27)10-1)37-30-14-5-7-16-32(30)38(33-17-8-6-15-31(33)37)36-19-9-18-34-35-23-22-26-11-3-4-13-29(26)39(35)41-40(34)36/h1-24H/i5D,6D,7D,8D,14D,15D,16D,17D. The van der Waals surface area contributed by atoms with Crippen molar-refractivity contribution < 1.29 is 15.4 Å². The molecule has 0 unspecified atom stereocenters. The molecule has 9 aromatic rings. The minimum Gasteiger partial charge on any atom is -0.455 e. The first kappa shape index (κ1) is 16.0. The second-order valence-corrected chi connectivity index (χ2v) is 10.3. The zero-order valence-corrected chi connectivity index (χ0v) is 21.6. The fourth-order valence-corrected chi connectivity index (χ4v) is 6.25. The van der Waals surface area contributed by atoms with Crippen LogP contribution in [0, 0.1) is 0 Å². The SMILES string of the molecule is [2H]c1c([2H])c([2H])c2c(-c3cccc4c3oc3c5ccccc5ccc43)c3c([2H])c([2H])c([2H])c([2H])c3c(-c3ccc4ccccc4c3)c2c1[2H]. The van der Waals surface area contributed by atoms with Gasteiger partial charge >= 0.3 is 0 Å². The van der Waals surface area contributed by atoms with Gasteiger partial charge in [0.15, 0.2) is 0 Å². The van der Waals surface area contributed by atoms with Gasteiger partial charge in [0.05, 0.1) is 11.0 Å². The summed E-state index contributed by atoms with van der Waals surface area (Å²) < 4.78 is 78.8. The van der Waals surface area contributed by atoms with Gasteiger partial charge < -0.3 is 4.42 Å². The lowest BCUT2D eigenvalue weighted by atomic mass is 9.85. The summed E-state index contributed by atoms with van der Waals surface area (Å²) in [6.07, 6.45) is 0. The molecule has 41 heavy (non-hydrogen) atoms. The van der Waals surface area contributed by atoms with Crippen LogP contribution in [0.3, 0.4) is 0 Å². The van der Waals surface area contributed by atoms with E-state index in [1.54, 1.807) is 6.07 Å². The summed E-state index contributed by atoms with van der Waals surface area (Å²) in [6.45, 7) is 0. The van der Waals surface area contributed by atoms with Crippen molar-refractivity contribution in [1.82, 2.24) is 0 Å². The highest BCUT2D eigenvalue weighted by Gasteiger charge is 2.20. The van der Waals surface area contributed by atoms with Gasteiger partial charge in [-0.25, -0.2) is 0 Å². The van der Waals surface area contributed by atoms with Gasteiger partial charge in [-0.05, 0) is 61.0 Å². The molecular weight excluding hydrogens is 496 g/mol. The molecule has 1 aromatic heterocycles. The molecule has 190 valence electrons. The van der Waals surface area contributed by atoms with Crippen molar-refractivity contribution in [3.8, 4) is 22.3 Å². The first-order valence-electron chi connectivity index (χ1n) is 17.5. The third-order valence-corrected chi connectivity index (χ3v) is 8.07. The molecule has 8 aromatic carbocycles. The average Bonchev–Trinajstić information content (AvgIpc) is 3.53. The predicted molar refractivity (Wildman–Crippen MR) is 175 cm³/mol. The number of benzene rings is 8. The van der Waals surface area contributed by atoms with Crippen molar-refractivity contribution in [2.45, 2.75) is 0 Å². The molecule has 9 rings (SSSR count). The van der Waals surface area contributed by atoms with Gasteiger partial charge in [0.1, 0.15) is 11.2 Å². The Morgan fingerprint density at radius 1 is 0.415 bits per heavy atom. The van der Waals surface area contributed by atoms with Crippen molar-refractivity contribution >= 4 is 65.0 Å². The molecule has 0 fully saturated rings. The maximum atomic E-state index is 9.31. The maximum absolute atomic E-state index is 9.31. The normalized spacial score (nSPS) is 14.6. The molecule has 1 nitrogen and oxygen atoms in total. The van der Waals surface area contributed by atoms with Crippen LogP contribution < -0.4 is 0 Å². The van der Waals surface area contributed by atoms with Crippen molar-refractivity contribution in [2.24, 2.45) is 0 Å². The Morgan fingerprint density at radius 3 is 1.76 bits per heavy atom. The monoisotopic (exact) mass is 528 g/mol. The number of hydrogen-bond donors (Lipinski definition) is 0. The van der Waals surface area contributed by atoms with Gasteiger partial charge in [0.25, 0.3) is 0 Å². The summed E-state index contributed by atoms with van der Waals surface area (Å²) in [6, 6.07) is 27.9. The zero-order valence-electron chi connectivity index (χ0n) is 29.6. The van der Waals surface area contributed by atoms with Crippen molar-refractivity contribution in [3.63, 3.8) is 0 Å². The summed E-state index contributed by atoms with van der Waals surface area (Å²) >= 11 is 0. The Hall–Kier alpha value is -5.40. The highest BCUT2D eigenvalue weighted by molar-refractivity contribution is 6.25. The smallest absolute Gasteiger partial charge is 0.143 e. The van der Waals surface area contributed by atoms with E-state index in [1.807, 2.05) is 91.0 Å². The highest BCUT2D eigenvalue weighted by Crippen LogP contribution is 2.47. The lowest BCUT2D eigenvalue weighted by Crippen LogP contribution is -1.91. The van der Waals surface area contributed by atoms with Crippen LogP contribution in [0.2, 0.25) is 0 Å². The molecule has 0 atom stereocenters. The van der Waals surface area contributed by atoms with E-state index in [0.29, 0.717) is 27.9 Å². The van der Waals surface area contributed by atoms with Crippen molar-refractivity contribution in [1.29, 1.82) is 0 Å². The van der Waals surface area contributed by atoms with Gasteiger partial charge in [-0.3, -0.25) is 0 Å². The maximum Gasteiger partial charge on any atom is 0.143 e. The Balaban J connectivity index is 1.57. The van der Waals surface area contributed by atoms with E-state index < -0.39 is 24.2 Å². The number of hydrogen-bond acceptors (Lipinski definition) is 1. The Kier molecular flexibility index (Phi) is 3.34. The quantitative estimate of drug-likeness (QED) is 0.203. The molecule has 0 N–H and O–H groups in total. The molecule has 0 aliphatic carbocycles. The molecule has 0 radical (unpaired) electrons. The van der Waals surface area contributed by atoms with Gasteiger partial charge in [0.2, 0.25) is 0 Å². The van der Waals surface area contributed by atoms with E-state index in [-0.39, 0.29) is 51.3 Å². The van der Waals surface area contributed by atoms with Gasteiger partial charge in [0, 0.05) is 27.3 Å². The zero-order chi connectivity index (χ0) is 33.9. The van der Waals surface area contributed by atoms with Crippen LogP contribution in [0.25, 0.3) is 87.3 Å². The van der Waals surface area contributed by atoms with E-state index in [9.17, 15) is 5.48 Å². The number of rotatable bonds is 2. The Morgan fingerprint density at radius 2 is 1.00 bits per heavy atom. The van der Waals surface area contributed by atoms with Crippen LogP contribution in [-0.2, 0) is 0 Å². The number of furan rings is 1. The predicted octanol–water partition coefficient (Wildman–Crippen LogP) is 11.5. The topological polar surface area (TPSA) is 13.1 Å². The molecule has 0 saturated carbocycles. The summed E-state index contributed by atoms with van der Waals surface area (Å²) in [7, 11) is 0. The Bertz CT molecular complexity index is 2850. The molecule has 0 bridgehead atoms. The summed E-state index contributed by atoms with van der Waals surface area (Å²) in [5, 5.41) is 6.05. The van der Waals surface area contributed by atoms with Crippen molar-refractivity contribution in [3.05, 3.63) is 145 Å². The molecule has 1 heteroatoms. The van der Waals surface area contributed by atoms with Gasteiger partial charge in [-0.15, -0.1) is 0 Å². The number of fused-ring (bicyclic) bond motifs is 8. The van der Waals surface area contributed by atoms with Gasteiger partial charge in [-0.1, -0.05) is 133 Å². The second-order valence-electron chi connectivity index (χ2n) is 10.3. The molecular formula is C40H24O. The van der Waals surface area contributed by atoms with Crippen LogP contribution in [0.1, 0.15) is 11.0 Å². The minimum atomic E-state index is -0.439. The molecule has 1 heterocycles. The first-order chi connectivity index (χ1) is 23.7. The summed E-state index contributed by atoms with van der Waals surface area (Å²) in [5.41, 5.74) is 2.74. The molecule has 0 saturated heterocycles. The lowest BCUT2D eigenvalue weighted by molar-refractivity contribution is 0.674. The van der Waals surface area contributed by atoms with E-state index in [4.69, 9.17) is 9.90 Å². The summed E-state index contributed by atoms with van der Waals surface area (Å²) in [5.74, 6) is 0. The molecule has 0 aliphatic heterocycles. The van der Waals surface area contributed by atoms with E-state index in [1.165, 1.54) is 0 Å². The van der Waals surface area contributed by atoms with Gasteiger partial charge in [-0.2, -0.15) is 0 Å². The fourth-order valence-electron chi connectivity index (χ4n) is 6.25. The van der Waals surface area contributed by atoms with Crippen LogP contribution in [-0.4, -0.2) is 0 Å². The third kappa shape index (κ3) is 3.24. The third-order valence-electron chi connectivity index (χ3n) is 8.07. The Labute approximate surface area is 248 Å².